The Hall–Kier alpha value is -1.50. The van der Waals surface area contributed by atoms with Gasteiger partial charge >= 0.3 is 0 Å². The van der Waals surface area contributed by atoms with Gasteiger partial charge in [0.2, 0.25) is 10.0 Å². The number of sulfonamides is 1. The van der Waals surface area contributed by atoms with Crippen LogP contribution in [0.3, 0.4) is 0 Å². The molecule has 0 amide bonds. The van der Waals surface area contributed by atoms with E-state index in [2.05, 4.69) is 4.72 Å². The van der Waals surface area contributed by atoms with E-state index in [9.17, 15) is 17.2 Å². The third-order valence-electron chi connectivity index (χ3n) is 3.16. The van der Waals surface area contributed by atoms with E-state index in [1.54, 1.807) is 31.2 Å². The average Bonchev–Trinajstić information content (AvgIpc) is 2.45. The summed E-state index contributed by atoms with van der Waals surface area (Å²) in [4.78, 5) is -0.582. The van der Waals surface area contributed by atoms with Crippen LogP contribution in [0.4, 0.5) is 8.78 Å². The van der Waals surface area contributed by atoms with E-state index >= 15 is 0 Å². The van der Waals surface area contributed by atoms with Gasteiger partial charge in [0.15, 0.2) is 0 Å². The second kappa shape index (κ2) is 6.73. The van der Waals surface area contributed by atoms with E-state index in [0.29, 0.717) is 23.1 Å². The Morgan fingerprint density at radius 3 is 2.32 bits per heavy atom. The minimum Gasteiger partial charge on any atom is -0.207 e. The topological polar surface area (TPSA) is 46.2 Å². The first kappa shape index (κ1) is 16.9. The fourth-order valence-corrected chi connectivity index (χ4v) is 3.52. The monoisotopic (exact) mass is 345 g/mol. The minimum atomic E-state index is -4.10. The summed E-state index contributed by atoms with van der Waals surface area (Å²) in [6.45, 7) is 1.79. The molecule has 1 N–H and O–H groups in total. The fraction of sp³-hybridized carbons (Fsp3) is 0.200. The number of halogens is 3. The van der Waals surface area contributed by atoms with Crippen LogP contribution in [0.1, 0.15) is 24.9 Å². The maximum absolute atomic E-state index is 13.7. The lowest BCUT2D eigenvalue weighted by Gasteiger charge is -2.18. The number of nitrogens with one attached hydrogen (secondary N) is 1. The Balaban J connectivity index is 2.31. The van der Waals surface area contributed by atoms with Gasteiger partial charge in [-0.25, -0.2) is 21.9 Å². The molecule has 3 nitrogen and oxygen atoms in total. The summed E-state index contributed by atoms with van der Waals surface area (Å²) in [7, 11) is -4.10. The molecule has 0 heterocycles. The van der Waals surface area contributed by atoms with Crippen molar-refractivity contribution in [1.82, 2.24) is 4.72 Å². The van der Waals surface area contributed by atoms with Gasteiger partial charge in [0.05, 0.1) is 0 Å². The molecule has 0 aliphatic rings. The lowest BCUT2D eigenvalue weighted by atomic mass is 10.1. The predicted molar refractivity (Wildman–Crippen MR) is 81.2 cm³/mol. The molecule has 118 valence electrons. The predicted octanol–water partition coefficient (Wildman–Crippen LogP) is 4.05. The average molecular weight is 346 g/mol. The van der Waals surface area contributed by atoms with Crippen molar-refractivity contribution < 1.29 is 17.2 Å². The lowest BCUT2D eigenvalue weighted by molar-refractivity contribution is 0.528. The van der Waals surface area contributed by atoms with Crippen molar-refractivity contribution in [2.75, 3.05) is 0 Å². The van der Waals surface area contributed by atoms with Crippen LogP contribution < -0.4 is 4.72 Å². The molecular weight excluding hydrogens is 332 g/mol. The summed E-state index contributed by atoms with van der Waals surface area (Å²) in [6.07, 6.45) is 0.462. The van der Waals surface area contributed by atoms with Crippen LogP contribution in [0.5, 0.6) is 0 Å². The van der Waals surface area contributed by atoms with Crippen LogP contribution in [-0.4, -0.2) is 8.42 Å². The normalized spacial score (nSPS) is 13.1. The first-order valence-corrected chi connectivity index (χ1v) is 8.42. The second-order valence-corrected chi connectivity index (χ2v) is 6.83. The third kappa shape index (κ3) is 3.82. The van der Waals surface area contributed by atoms with Crippen molar-refractivity contribution in [3.8, 4) is 0 Å². The number of hydrogen-bond acceptors (Lipinski definition) is 2. The van der Waals surface area contributed by atoms with Crippen LogP contribution in [0.2, 0.25) is 5.02 Å². The van der Waals surface area contributed by atoms with E-state index in [-0.39, 0.29) is 0 Å². The van der Waals surface area contributed by atoms with Gasteiger partial charge in [-0.3, -0.25) is 0 Å². The summed E-state index contributed by atoms with van der Waals surface area (Å²) in [5.41, 5.74) is 0.706. The van der Waals surface area contributed by atoms with E-state index in [1.807, 2.05) is 0 Å². The van der Waals surface area contributed by atoms with Crippen molar-refractivity contribution in [2.45, 2.75) is 24.3 Å². The zero-order chi connectivity index (χ0) is 16.3. The molecule has 0 saturated carbocycles. The molecule has 0 fully saturated rings. The van der Waals surface area contributed by atoms with Crippen molar-refractivity contribution in [2.24, 2.45) is 0 Å². The van der Waals surface area contributed by atoms with Crippen LogP contribution in [0.15, 0.2) is 47.4 Å². The summed E-state index contributed by atoms with van der Waals surface area (Å²) in [6, 6.07) is 8.49. The summed E-state index contributed by atoms with van der Waals surface area (Å²) in [5.74, 6) is -1.96. The highest BCUT2D eigenvalue weighted by molar-refractivity contribution is 7.89. The van der Waals surface area contributed by atoms with Gasteiger partial charge in [0, 0.05) is 17.1 Å². The molecule has 22 heavy (non-hydrogen) atoms. The van der Waals surface area contributed by atoms with Gasteiger partial charge in [-0.2, -0.15) is 0 Å². The summed E-state index contributed by atoms with van der Waals surface area (Å²) < 4.78 is 53.5. The van der Waals surface area contributed by atoms with E-state index < -0.39 is 32.6 Å². The van der Waals surface area contributed by atoms with Crippen molar-refractivity contribution in [3.05, 3.63) is 64.7 Å². The van der Waals surface area contributed by atoms with Crippen LogP contribution in [-0.2, 0) is 10.0 Å². The van der Waals surface area contributed by atoms with Crippen molar-refractivity contribution in [1.29, 1.82) is 0 Å². The van der Waals surface area contributed by atoms with Crippen LogP contribution in [0, 0.1) is 11.6 Å². The molecule has 0 radical (unpaired) electrons. The Morgan fingerprint density at radius 1 is 1.14 bits per heavy atom. The first-order valence-electron chi connectivity index (χ1n) is 6.56. The Labute approximate surface area is 133 Å². The van der Waals surface area contributed by atoms with Gasteiger partial charge in [-0.05, 0) is 36.2 Å². The highest BCUT2D eigenvalue weighted by atomic mass is 35.5. The van der Waals surface area contributed by atoms with E-state index in [4.69, 9.17) is 11.6 Å². The minimum absolute atomic E-state index is 0.462. The SMILES string of the molecule is CCC(NS(=O)(=O)c1ccc(F)cc1F)c1ccc(Cl)cc1. The van der Waals surface area contributed by atoms with Gasteiger partial charge < -0.3 is 0 Å². The molecule has 2 aromatic rings. The molecule has 7 heteroatoms. The maximum atomic E-state index is 13.7. The van der Waals surface area contributed by atoms with E-state index in [0.717, 1.165) is 12.1 Å². The fourth-order valence-electron chi connectivity index (χ4n) is 2.03. The number of rotatable bonds is 5. The second-order valence-electron chi connectivity index (χ2n) is 4.71. The number of hydrogen-bond donors (Lipinski definition) is 1. The molecule has 0 saturated heterocycles. The quantitative estimate of drug-likeness (QED) is 0.888. The summed E-state index contributed by atoms with van der Waals surface area (Å²) >= 11 is 5.80. The molecule has 1 atom stereocenters. The van der Waals surface area contributed by atoms with Gasteiger partial charge in [-0.15, -0.1) is 0 Å². The van der Waals surface area contributed by atoms with Crippen LogP contribution in [0.25, 0.3) is 0 Å². The van der Waals surface area contributed by atoms with Crippen molar-refractivity contribution in [3.63, 3.8) is 0 Å². The molecule has 0 aliphatic heterocycles. The molecule has 0 aliphatic carbocycles. The first-order chi connectivity index (χ1) is 10.3. The van der Waals surface area contributed by atoms with Crippen molar-refractivity contribution >= 4 is 21.6 Å². The third-order valence-corrected chi connectivity index (χ3v) is 4.92. The summed E-state index contributed by atoms with van der Waals surface area (Å²) in [5, 5.41) is 0.533. The zero-order valence-corrected chi connectivity index (χ0v) is 13.3. The van der Waals surface area contributed by atoms with Gasteiger partial charge in [0.25, 0.3) is 0 Å². The molecule has 2 aromatic carbocycles. The maximum Gasteiger partial charge on any atom is 0.244 e. The molecule has 1 unspecified atom stereocenters. The largest absolute Gasteiger partial charge is 0.244 e. The Bertz CT molecular complexity index is 764. The standard InChI is InChI=1S/C15H14ClF2NO2S/c1-2-14(10-3-5-11(16)6-4-10)19-22(20,21)15-8-7-12(17)9-13(15)18/h3-9,14,19H,2H2,1H3. The molecule has 2 rings (SSSR count). The zero-order valence-electron chi connectivity index (χ0n) is 11.7. The van der Waals surface area contributed by atoms with Gasteiger partial charge in [-0.1, -0.05) is 30.7 Å². The highest BCUT2D eigenvalue weighted by Crippen LogP contribution is 2.23. The highest BCUT2D eigenvalue weighted by Gasteiger charge is 2.23. The van der Waals surface area contributed by atoms with Crippen LogP contribution >= 0.6 is 11.6 Å². The molecular formula is C15H14ClF2NO2S. The Morgan fingerprint density at radius 2 is 1.77 bits per heavy atom. The van der Waals surface area contributed by atoms with Gasteiger partial charge in [0.1, 0.15) is 16.5 Å². The molecule has 0 spiro atoms. The molecule has 0 aromatic heterocycles. The Kier molecular flexibility index (Phi) is 5.16. The molecule has 0 bridgehead atoms. The van der Waals surface area contributed by atoms with E-state index in [1.165, 1.54) is 0 Å². The lowest BCUT2D eigenvalue weighted by Crippen LogP contribution is -2.29. The number of benzene rings is 2. The smallest absolute Gasteiger partial charge is 0.207 e.